The minimum absolute atomic E-state index is 0.0947. The van der Waals surface area contributed by atoms with Gasteiger partial charge in [-0.3, -0.25) is 4.79 Å². The molecule has 0 saturated carbocycles. The molecule has 1 amide bonds. The highest BCUT2D eigenvalue weighted by Crippen LogP contribution is 2.35. The Morgan fingerprint density at radius 2 is 2.28 bits per heavy atom. The number of carbonyl (C=O) groups is 2. The molecule has 0 aliphatic carbocycles. The molecule has 6 heteroatoms. The Kier molecular flexibility index (Phi) is 6.47. The molecule has 0 fully saturated rings. The van der Waals surface area contributed by atoms with Crippen LogP contribution in [-0.2, 0) is 20.7 Å². The van der Waals surface area contributed by atoms with Gasteiger partial charge in [0.25, 0.3) is 5.91 Å². The number of hydrogen-bond acceptors (Lipinski definition) is 5. The Hall–Kier alpha value is -2.94. The van der Waals surface area contributed by atoms with Crippen LogP contribution in [0.15, 0.2) is 18.2 Å². The van der Waals surface area contributed by atoms with E-state index in [1.807, 2.05) is 26.0 Å². The summed E-state index contributed by atoms with van der Waals surface area (Å²) in [6, 6.07) is 3.77. The second-order valence-corrected chi connectivity index (χ2v) is 5.49. The summed E-state index contributed by atoms with van der Waals surface area (Å²) in [5, 5.41) is 2.41. The number of carbonyl (C=O) groups excluding carboxylic acids is 2. The fourth-order valence-electron chi connectivity index (χ4n) is 2.41. The van der Waals surface area contributed by atoms with E-state index in [9.17, 15) is 9.59 Å². The number of amides is 1. The summed E-state index contributed by atoms with van der Waals surface area (Å²) in [4.78, 5) is 23.1. The smallest absolute Gasteiger partial charge is 0.331 e. The summed E-state index contributed by atoms with van der Waals surface area (Å²) < 4.78 is 16.2. The highest BCUT2D eigenvalue weighted by Gasteiger charge is 2.21. The number of terminal acetylenes is 1. The van der Waals surface area contributed by atoms with E-state index in [0.717, 1.165) is 17.7 Å². The van der Waals surface area contributed by atoms with Gasteiger partial charge in [-0.05, 0) is 32.1 Å². The van der Waals surface area contributed by atoms with Crippen molar-refractivity contribution in [3.8, 4) is 23.8 Å². The van der Waals surface area contributed by atoms with E-state index in [1.165, 1.54) is 6.08 Å². The van der Waals surface area contributed by atoms with Gasteiger partial charge in [0.1, 0.15) is 17.6 Å². The first-order chi connectivity index (χ1) is 12.0. The van der Waals surface area contributed by atoms with E-state index in [1.54, 1.807) is 6.08 Å². The molecule has 0 saturated heterocycles. The van der Waals surface area contributed by atoms with Crippen molar-refractivity contribution in [2.24, 2.45) is 0 Å². The number of rotatable bonds is 7. The van der Waals surface area contributed by atoms with Gasteiger partial charge >= 0.3 is 5.97 Å². The van der Waals surface area contributed by atoms with E-state index >= 15 is 0 Å². The molecule has 1 atom stereocenters. The molecular formula is C19H21NO5. The predicted molar refractivity (Wildman–Crippen MR) is 93.2 cm³/mol. The Morgan fingerprint density at radius 1 is 1.48 bits per heavy atom. The van der Waals surface area contributed by atoms with Crippen molar-refractivity contribution in [1.29, 1.82) is 0 Å². The van der Waals surface area contributed by atoms with Gasteiger partial charge in [0.2, 0.25) is 0 Å². The van der Waals surface area contributed by atoms with Gasteiger partial charge in [-0.1, -0.05) is 5.92 Å². The lowest BCUT2D eigenvalue weighted by Crippen LogP contribution is -2.28. The molecule has 1 aliphatic rings. The zero-order chi connectivity index (χ0) is 18.2. The third kappa shape index (κ3) is 5.28. The van der Waals surface area contributed by atoms with Crippen LogP contribution in [0.4, 0.5) is 0 Å². The first-order valence-corrected chi connectivity index (χ1v) is 8.04. The molecule has 0 spiro atoms. The fraction of sp³-hybridized carbons (Fsp3) is 0.368. The summed E-state index contributed by atoms with van der Waals surface area (Å²) in [7, 11) is 0. The van der Waals surface area contributed by atoms with E-state index in [2.05, 4.69) is 11.2 Å². The first kappa shape index (κ1) is 18.4. The third-order valence-electron chi connectivity index (χ3n) is 3.46. The van der Waals surface area contributed by atoms with Crippen LogP contribution < -0.4 is 14.8 Å². The molecule has 1 aromatic carbocycles. The quantitative estimate of drug-likeness (QED) is 0.463. The molecule has 0 bridgehead atoms. The number of nitrogens with one attached hydrogen (secondary N) is 1. The van der Waals surface area contributed by atoms with E-state index in [-0.39, 0.29) is 19.3 Å². The molecule has 1 aliphatic heterocycles. The van der Waals surface area contributed by atoms with Crippen LogP contribution in [0.25, 0.3) is 6.08 Å². The molecule has 1 aromatic rings. The lowest BCUT2D eigenvalue weighted by molar-refractivity contribution is -0.143. The second kappa shape index (κ2) is 8.78. The largest absolute Gasteiger partial charge is 0.493 e. The Labute approximate surface area is 147 Å². The van der Waals surface area contributed by atoms with Gasteiger partial charge in [-0.25, -0.2) is 4.79 Å². The van der Waals surface area contributed by atoms with Crippen LogP contribution in [0.2, 0.25) is 0 Å². The van der Waals surface area contributed by atoms with Crippen LogP contribution in [0.3, 0.4) is 0 Å². The van der Waals surface area contributed by atoms with Gasteiger partial charge in [0, 0.05) is 23.6 Å². The standard InChI is InChI=1S/C19H21NO5/c1-4-8-20-18(21)12-24-19(22)7-6-14-10-17-15(9-13(3)25-17)11-16(14)23-5-2/h1,6-7,10-11,13H,5,8-9,12H2,2-3H3,(H,20,21)/b7-6+/t13-/m0/s1. The van der Waals surface area contributed by atoms with Gasteiger partial charge < -0.3 is 19.5 Å². The van der Waals surface area contributed by atoms with Crippen molar-refractivity contribution >= 4 is 18.0 Å². The van der Waals surface area contributed by atoms with Crippen molar-refractivity contribution in [2.75, 3.05) is 19.8 Å². The average Bonchev–Trinajstić information content (AvgIpc) is 2.95. The minimum Gasteiger partial charge on any atom is -0.493 e. The van der Waals surface area contributed by atoms with Crippen LogP contribution >= 0.6 is 0 Å². The van der Waals surface area contributed by atoms with Crippen molar-refractivity contribution in [3.63, 3.8) is 0 Å². The fourth-order valence-corrected chi connectivity index (χ4v) is 2.41. The average molecular weight is 343 g/mol. The highest BCUT2D eigenvalue weighted by molar-refractivity contribution is 5.89. The van der Waals surface area contributed by atoms with Crippen molar-refractivity contribution in [1.82, 2.24) is 5.32 Å². The summed E-state index contributed by atoms with van der Waals surface area (Å²) >= 11 is 0. The molecule has 1 N–H and O–H groups in total. The van der Waals surface area contributed by atoms with Crippen molar-refractivity contribution < 1.29 is 23.8 Å². The van der Waals surface area contributed by atoms with Gasteiger partial charge in [0.05, 0.1) is 13.2 Å². The van der Waals surface area contributed by atoms with E-state index in [0.29, 0.717) is 17.9 Å². The number of benzene rings is 1. The topological polar surface area (TPSA) is 73.9 Å². The van der Waals surface area contributed by atoms with Gasteiger partial charge in [-0.15, -0.1) is 6.42 Å². The van der Waals surface area contributed by atoms with E-state index < -0.39 is 11.9 Å². The molecule has 6 nitrogen and oxygen atoms in total. The predicted octanol–water partition coefficient (Wildman–Crippen LogP) is 1.71. The maximum absolute atomic E-state index is 11.7. The molecule has 2 rings (SSSR count). The SMILES string of the molecule is C#CCNC(=O)COC(=O)/C=C/c1cc2c(cc1OCC)C[C@H](C)O2. The summed E-state index contributed by atoms with van der Waals surface area (Å²) in [5.41, 5.74) is 1.80. The number of ether oxygens (including phenoxy) is 3. The summed E-state index contributed by atoms with van der Waals surface area (Å²) in [5.74, 6) is 2.65. The monoisotopic (exact) mass is 343 g/mol. The third-order valence-corrected chi connectivity index (χ3v) is 3.46. The molecule has 25 heavy (non-hydrogen) atoms. The lowest BCUT2D eigenvalue weighted by atomic mass is 10.1. The van der Waals surface area contributed by atoms with Gasteiger partial charge in [-0.2, -0.15) is 0 Å². The molecular weight excluding hydrogens is 322 g/mol. The van der Waals surface area contributed by atoms with Crippen LogP contribution in [-0.4, -0.2) is 37.7 Å². The molecule has 1 heterocycles. The van der Waals surface area contributed by atoms with Gasteiger partial charge in [0.15, 0.2) is 6.61 Å². The minimum atomic E-state index is -0.631. The Morgan fingerprint density at radius 3 is 3.00 bits per heavy atom. The zero-order valence-electron chi connectivity index (χ0n) is 14.3. The normalized spacial score (nSPS) is 15.2. The maximum Gasteiger partial charge on any atom is 0.331 e. The zero-order valence-corrected chi connectivity index (χ0v) is 14.3. The highest BCUT2D eigenvalue weighted by atomic mass is 16.5. The maximum atomic E-state index is 11.7. The molecule has 132 valence electrons. The first-order valence-electron chi connectivity index (χ1n) is 8.04. The van der Waals surface area contributed by atoms with Crippen molar-refractivity contribution in [3.05, 3.63) is 29.3 Å². The summed E-state index contributed by atoms with van der Waals surface area (Å²) in [6.45, 7) is 4.11. The molecule has 0 radical (unpaired) electrons. The summed E-state index contributed by atoms with van der Waals surface area (Å²) in [6.07, 6.45) is 8.80. The van der Waals surface area contributed by atoms with E-state index in [4.69, 9.17) is 20.6 Å². The number of esters is 1. The molecule has 0 aromatic heterocycles. The van der Waals surface area contributed by atoms with Crippen LogP contribution in [0, 0.1) is 12.3 Å². The lowest BCUT2D eigenvalue weighted by Gasteiger charge is -2.10. The van der Waals surface area contributed by atoms with Crippen LogP contribution in [0.1, 0.15) is 25.0 Å². The number of fused-ring (bicyclic) bond motifs is 1. The number of hydrogen-bond donors (Lipinski definition) is 1. The van der Waals surface area contributed by atoms with Crippen molar-refractivity contribution in [2.45, 2.75) is 26.4 Å². The molecule has 0 unspecified atom stereocenters. The Bertz CT molecular complexity index is 717. The van der Waals surface area contributed by atoms with Crippen LogP contribution in [0.5, 0.6) is 11.5 Å². The Balaban J connectivity index is 2.02. The second-order valence-electron chi connectivity index (χ2n) is 5.49.